The molecular formula is C48H68N2O5. The van der Waals surface area contributed by atoms with E-state index in [2.05, 4.69) is 62.3 Å². The first kappa shape index (κ1) is 42.5. The maximum absolute atomic E-state index is 12.1. The van der Waals surface area contributed by atoms with E-state index in [9.17, 15) is 10.2 Å². The van der Waals surface area contributed by atoms with Gasteiger partial charge in [0.1, 0.15) is 22.8 Å². The Morgan fingerprint density at radius 3 is 1.49 bits per heavy atom. The minimum Gasteiger partial charge on any atom is -0.497 e. The zero-order valence-electron chi connectivity index (χ0n) is 34.7. The van der Waals surface area contributed by atoms with Crippen molar-refractivity contribution in [1.82, 2.24) is 9.80 Å². The van der Waals surface area contributed by atoms with Crippen LogP contribution in [0.25, 0.3) is 12.2 Å². The van der Waals surface area contributed by atoms with Crippen LogP contribution in [-0.2, 0) is 5.60 Å². The molecule has 3 fully saturated rings. The zero-order chi connectivity index (χ0) is 39.4. The molecule has 300 valence electrons. The highest BCUT2D eigenvalue weighted by Crippen LogP contribution is 2.48. The standard InChI is InChI=1S/C24H31NO3.C24H37NO2/c1-25(2)17-21-7-5-6-20(16-18-8-12-22(27-3)13-9-18)24(21,26)19-10-14-23(28-4)15-11-19;1-25(2)18-22-11-7-10-21(16-19-12-14-23(27-3)15-13-19)24(22,26)17-20-8-5-4-6-9-20/h8-16,21,26H,5-7,17H2,1-4H3;12-16,20,22,26H,4-11,17-18H2,1-3H3. The molecule has 3 saturated carbocycles. The molecule has 3 aliphatic carbocycles. The predicted octanol–water partition coefficient (Wildman–Crippen LogP) is 9.48. The highest BCUT2D eigenvalue weighted by Gasteiger charge is 2.45. The number of aliphatic hydroxyl groups is 2. The highest BCUT2D eigenvalue weighted by atomic mass is 16.5. The topological polar surface area (TPSA) is 74.6 Å². The van der Waals surface area contributed by atoms with Gasteiger partial charge in [0.2, 0.25) is 0 Å². The van der Waals surface area contributed by atoms with Gasteiger partial charge in [-0.2, -0.15) is 0 Å². The van der Waals surface area contributed by atoms with Crippen LogP contribution in [0.15, 0.2) is 83.9 Å². The van der Waals surface area contributed by atoms with Crippen molar-refractivity contribution in [2.24, 2.45) is 17.8 Å². The normalized spacial score (nSPS) is 26.2. The summed E-state index contributed by atoms with van der Waals surface area (Å²) in [5.41, 5.74) is 3.84. The summed E-state index contributed by atoms with van der Waals surface area (Å²) >= 11 is 0. The van der Waals surface area contributed by atoms with Crippen LogP contribution in [0.1, 0.15) is 93.7 Å². The van der Waals surface area contributed by atoms with Crippen molar-refractivity contribution in [3.63, 3.8) is 0 Å². The molecule has 3 aromatic rings. The lowest BCUT2D eigenvalue weighted by atomic mass is 9.66. The van der Waals surface area contributed by atoms with E-state index in [0.29, 0.717) is 11.8 Å². The summed E-state index contributed by atoms with van der Waals surface area (Å²) in [6.07, 6.45) is 18.2. The SMILES string of the molecule is COc1ccc(C=C2CCCC(CN(C)C)C2(O)CC2CCCCC2)cc1.COc1ccc(C=C2CCCC(CN(C)C)C2(O)c2ccc(OC)cc2)cc1. The van der Waals surface area contributed by atoms with Crippen LogP contribution in [0.2, 0.25) is 0 Å². The summed E-state index contributed by atoms with van der Waals surface area (Å²) in [6, 6.07) is 24.1. The van der Waals surface area contributed by atoms with Crippen LogP contribution >= 0.6 is 0 Å². The van der Waals surface area contributed by atoms with Crippen molar-refractivity contribution >= 4 is 12.2 Å². The number of benzene rings is 3. The molecule has 0 saturated heterocycles. The molecule has 3 aromatic carbocycles. The molecule has 7 nitrogen and oxygen atoms in total. The number of ether oxygens (including phenoxy) is 3. The molecule has 0 amide bonds. The van der Waals surface area contributed by atoms with Gasteiger partial charge in [-0.1, -0.05) is 80.7 Å². The first-order valence-corrected chi connectivity index (χ1v) is 20.6. The summed E-state index contributed by atoms with van der Waals surface area (Å²) in [5, 5.41) is 24.1. The van der Waals surface area contributed by atoms with Gasteiger partial charge in [0, 0.05) is 24.9 Å². The summed E-state index contributed by atoms with van der Waals surface area (Å²) in [6.45, 7) is 1.80. The monoisotopic (exact) mass is 753 g/mol. The maximum atomic E-state index is 12.1. The van der Waals surface area contributed by atoms with Gasteiger partial charge in [0.15, 0.2) is 0 Å². The molecule has 4 unspecified atom stereocenters. The molecule has 4 atom stereocenters. The lowest BCUT2D eigenvalue weighted by Crippen LogP contribution is -2.48. The Kier molecular flexibility index (Phi) is 15.5. The van der Waals surface area contributed by atoms with Gasteiger partial charge < -0.3 is 34.2 Å². The van der Waals surface area contributed by atoms with Crippen molar-refractivity contribution in [1.29, 1.82) is 0 Å². The Morgan fingerprint density at radius 2 is 1.00 bits per heavy atom. The summed E-state index contributed by atoms with van der Waals surface area (Å²) in [4.78, 5) is 4.41. The predicted molar refractivity (Wildman–Crippen MR) is 227 cm³/mol. The van der Waals surface area contributed by atoms with Crippen molar-refractivity contribution < 1.29 is 24.4 Å². The molecule has 3 aliphatic rings. The molecule has 6 rings (SSSR count). The van der Waals surface area contributed by atoms with Crippen molar-refractivity contribution in [2.45, 2.75) is 88.3 Å². The molecule has 2 N–H and O–H groups in total. The first-order valence-electron chi connectivity index (χ1n) is 20.6. The van der Waals surface area contributed by atoms with Gasteiger partial charge in [0.25, 0.3) is 0 Å². The highest BCUT2D eigenvalue weighted by molar-refractivity contribution is 5.59. The lowest BCUT2D eigenvalue weighted by molar-refractivity contribution is -0.0349. The molecule has 0 aliphatic heterocycles. The van der Waals surface area contributed by atoms with Crippen molar-refractivity contribution in [3.8, 4) is 17.2 Å². The second-order valence-electron chi connectivity index (χ2n) is 16.7. The van der Waals surface area contributed by atoms with Gasteiger partial charge in [-0.25, -0.2) is 0 Å². The Balaban J connectivity index is 0.000000211. The number of nitrogens with zero attached hydrogens (tertiary/aromatic N) is 2. The number of rotatable bonds is 12. The van der Waals surface area contributed by atoms with Crippen LogP contribution in [0.5, 0.6) is 17.2 Å². The molecule has 0 bridgehead atoms. The number of hydrogen-bond acceptors (Lipinski definition) is 7. The van der Waals surface area contributed by atoms with Crippen LogP contribution in [0.4, 0.5) is 0 Å². The lowest BCUT2D eigenvalue weighted by Gasteiger charge is -2.45. The van der Waals surface area contributed by atoms with E-state index in [-0.39, 0.29) is 5.92 Å². The van der Waals surface area contributed by atoms with Crippen LogP contribution in [-0.4, -0.2) is 88.2 Å². The summed E-state index contributed by atoms with van der Waals surface area (Å²) in [7, 11) is 13.4. The van der Waals surface area contributed by atoms with Crippen LogP contribution < -0.4 is 14.2 Å². The fraction of sp³-hybridized carbons (Fsp3) is 0.542. The van der Waals surface area contributed by atoms with Gasteiger partial charge in [-0.05, 0) is 143 Å². The molecule has 55 heavy (non-hydrogen) atoms. The van der Waals surface area contributed by atoms with E-state index in [0.717, 1.165) is 85.6 Å². The minimum absolute atomic E-state index is 0.133. The Bertz CT molecular complexity index is 1660. The van der Waals surface area contributed by atoms with Gasteiger partial charge in [0.05, 0.1) is 26.9 Å². The number of methoxy groups -OCH3 is 3. The molecule has 0 radical (unpaired) electrons. The molecule has 0 aromatic heterocycles. The smallest absolute Gasteiger partial charge is 0.118 e. The van der Waals surface area contributed by atoms with E-state index in [1.165, 1.54) is 49.7 Å². The second-order valence-corrected chi connectivity index (χ2v) is 16.7. The third kappa shape index (κ3) is 11.0. The van der Waals surface area contributed by atoms with Gasteiger partial charge in [-0.3, -0.25) is 0 Å². The third-order valence-electron chi connectivity index (χ3n) is 12.2. The minimum atomic E-state index is -0.991. The Hall–Kier alpha value is -3.62. The van der Waals surface area contributed by atoms with E-state index >= 15 is 0 Å². The summed E-state index contributed by atoms with van der Waals surface area (Å²) < 4.78 is 15.9. The fourth-order valence-electron chi connectivity index (χ4n) is 9.38. The molecule has 0 heterocycles. The molecule has 0 spiro atoms. The Labute approximate surface area is 332 Å². The first-order chi connectivity index (χ1) is 26.5. The van der Waals surface area contributed by atoms with Crippen molar-refractivity contribution in [3.05, 3.63) is 101 Å². The van der Waals surface area contributed by atoms with Gasteiger partial charge in [-0.15, -0.1) is 0 Å². The van der Waals surface area contributed by atoms with E-state index in [1.807, 2.05) is 60.7 Å². The van der Waals surface area contributed by atoms with E-state index in [1.54, 1.807) is 21.3 Å². The average molecular weight is 753 g/mol. The number of hydrogen-bond donors (Lipinski definition) is 2. The molecule has 7 heteroatoms. The third-order valence-corrected chi connectivity index (χ3v) is 12.2. The van der Waals surface area contributed by atoms with Crippen LogP contribution in [0, 0.1) is 17.8 Å². The van der Waals surface area contributed by atoms with E-state index in [4.69, 9.17) is 14.2 Å². The second kappa shape index (κ2) is 20.0. The molecular weight excluding hydrogens is 685 g/mol. The Morgan fingerprint density at radius 1 is 0.564 bits per heavy atom. The maximum Gasteiger partial charge on any atom is 0.118 e. The van der Waals surface area contributed by atoms with Crippen LogP contribution in [0.3, 0.4) is 0 Å². The van der Waals surface area contributed by atoms with Crippen molar-refractivity contribution in [2.75, 3.05) is 62.6 Å². The van der Waals surface area contributed by atoms with Gasteiger partial charge >= 0.3 is 0 Å². The van der Waals surface area contributed by atoms with E-state index < -0.39 is 11.2 Å². The summed E-state index contributed by atoms with van der Waals surface area (Å²) in [5.74, 6) is 3.64. The quantitative estimate of drug-likeness (QED) is 0.191. The fourth-order valence-corrected chi connectivity index (χ4v) is 9.38. The zero-order valence-corrected chi connectivity index (χ0v) is 34.7. The average Bonchev–Trinajstić information content (AvgIpc) is 3.19. The largest absolute Gasteiger partial charge is 0.497 e.